The first-order valence-corrected chi connectivity index (χ1v) is 10.8. The molecule has 0 unspecified atom stereocenters. The molecule has 180 valence electrons. The topological polar surface area (TPSA) is 92.7 Å². The predicted octanol–water partition coefficient (Wildman–Crippen LogP) is 3.41. The van der Waals surface area contributed by atoms with E-state index in [9.17, 15) is 22.8 Å². The van der Waals surface area contributed by atoms with Gasteiger partial charge in [0.2, 0.25) is 17.5 Å². The molecule has 0 spiro atoms. The van der Waals surface area contributed by atoms with E-state index in [2.05, 4.69) is 20.6 Å². The maximum Gasteiger partial charge on any atom is 0.255 e. The third kappa shape index (κ3) is 5.16. The summed E-state index contributed by atoms with van der Waals surface area (Å²) in [5.74, 6) is -6.31. The van der Waals surface area contributed by atoms with Gasteiger partial charge in [-0.2, -0.15) is 18.2 Å². The van der Waals surface area contributed by atoms with Crippen LogP contribution in [-0.4, -0.2) is 41.7 Å². The molecule has 4 rings (SSSR count). The van der Waals surface area contributed by atoms with Crippen molar-refractivity contribution in [1.29, 1.82) is 0 Å². The molecular formula is C25H21F3N4O3. The zero-order valence-corrected chi connectivity index (χ0v) is 18.6. The number of carbonyl (C=O) groups is 2. The lowest BCUT2D eigenvalue weighted by Crippen LogP contribution is -2.42. The van der Waals surface area contributed by atoms with Gasteiger partial charge in [0, 0.05) is 17.5 Å². The molecule has 1 amide bonds. The molecule has 0 saturated carbocycles. The zero-order valence-electron chi connectivity index (χ0n) is 18.6. The molecule has 1 atom stereocenters. The van der Waals surface area contributed by atoms with Crippen LogP contribution in [0.2, 0.25) is 0 Å². The van der Waals surface area contributed by atoms with E-state index in [0.717, 1.165) is 16.7 Å². The second-order valence-corrected chi connectivity index (χ2v) is 7.61. The minimum Gasteiger partial charge on any atom is -0.476 e. The maximum absolute atomic E-state index is 14.5. The summed E-state index contributed by atoms with van der Waals surface area (Å²) in [4.78, 5) is 33.1. The van der Waals surface area contributed by atoms with Crippen molar-refractivity contribution >= 4 is 23.1 Å². The van der Waals surface area contributed by atoms with E-state index < -0.39 is 47.8 Å². The van der Waals surface area contributed by atoms with Crippen LogP contribution in [0.4, 0.5) is 18.9 Å². The number of aromatic nitrogens is 1. The number of nitrogens with zero attached hydrogens (tertiary/aromatic N) is 2. The van der Waals surface area contributed by atoms with E-state index in [-0.39, 0.29) is 18.8 Å². The average Bonchev–Trinajstić information content (AvgIpc) is 2.99. The van der Waals surface area contributed by atoms with Gasteiger partial charge in [0.1, 0.15) is 5.69 Å². The summed E-state index contributed by atoms with van der Waals surface area (Å²) in [6.45, 7) is 0.841. The number of ether oxygens (including phenoxy) is 1. The van der Waals surface area contributed by atoms with Crippen molar-refractivity contribution in [2.24, 2.45) is 4.99 Å². The number of anilines is 1. The molecule has 1 aliphatic heterocycles. The molecule has 2 heterocycles. The predicted molar refractivity (Wildman–Crippen MR) is 123 cm³/mol. The quantitative estimate of drug-likeness (QED) is 0.504. The van der Waals surface area contributed by atoms with Gasteiger partial charge in [-0.25, -0.2) is 0 Å². The largest absolute Gasteiger partial charge is 0.476 e. The number of carbonyl (C=O) groups excluding carboxylic acids is 2. The molecule has 0 radical (unpaired) electrons. The Labute approximate surface area is 199 Å². The van der Waals surface area contributed by atoms with Crippen LogP contribution in [-0.2, 0) is 16.0 Å². The van der Waals surface area contributed by atoms with Crippen LogP contribution in [0, 0.1) is 17.6 Å². The summed E-state index contributed by atoms with van der Waals surface area (Å²) in [6, 6.07) is 16.5. The molecule has 2 aromatic carbocycles. The smallest absolute Gasteiger partial charge is 0.255 e. The number of hydrogen-bond donors (Lipinski definition) is 2. The molecule has 0 fully saturated rings. The Hall–Kier alpha value is -4.21. The molecule has 0 aliphatic carbocycles. The molecule has 3 aromatic rings. The van der Waals surface area contributed by atoms with E-state index >= 15 is 0 Å². The van der Waals surface area contributed by atoms with Crippen LogP contribution in [0.15, 0.2) is 59.6 Å². The first-order chi connectivity index (χ1) is 16.9. The van der Waals surface area contributed by atoms with Crippen LogP contribution in [0.1, 0.15) is 23.6 Å². The third-order valence-corrected chi connectivity index (χ3v) is 5.26. The fourth-order valence-electron chi connectivity index (χ4n) is 3.65. The lowest BCUT2D eigenvalue weighted by atomic mass is 9.96. The van der Waals surface area contributed by atoms with E-state index in [1.54, 1.807) is 0 Å². The van der Waals surface area contributed by atoms with Crippen molar-refractivity contribution in [3.05, 3.63) is 88.9 Å². The molecule has 35 heavy (non-hydrogen) atoms. The first kappa shape index (κ1) is 23.9. The number of benzene rings is 2. The van der Waals surface area contributed by atoms with Crippen LogP contribution in [0.25, 0.3) is 0 Å². The van der Waals surface area contributed by atoms with Crippen LogP contribution in [0.3, 0.4) is 0 Å². The highest BCUT2D eigenvalue weighted by atomic mass is 19.2. The highest BCUT2D eigenvalue weighted by Crippen LogP contribution is 2.27. The van der Waals surface area contributed by atoms with E-state index in [1.807, 2.05) is 54.6 Å². The lowest BCUT2D eigenvalue weighted by molar-refractivity contribution is -0.126. The van der Waals surface area contributed by atoms with Gasteiger partial charge in [-0.3, -0.25) is 14.6 Å². The normalized spacial score (nSPS) is 15.0. The van der Waals surface area contributed by atoms with E-state index in [1.165, 1.54) is 6.92 Å². The number of halogens is 3. The van der Waals surface area contributed by atoms with Gasteiger partial charge in [0.05, 0.1) is 18.9 Å². The maximum atomic E-state index is 14.5. The summed E-state index contributed by atoms with van der Waals surface area (Å²) < 4.78 is 47.1. The van der Waals surface area contributed by atoms with Crippen LogP contribution < -0.4 is 15.4 Å². The highest BCUT2D eigenvalue weighted by Gasteiger charge is 2.28. The number of ketones is 1. The number of aliphatic imine (C=N–C) groups is 1. The molecular weight excluding hydrogens is 461 g/mol. The van der Waals surface area contributed by atoms with Crippen molar-refractivity contribution in [3.8, 4) is 5.88 Å². The number of hydrogen-bond acceptors (Lipinski definition) is 6. The fourth-order valence-corrected chi connectivity index (χ4v) is 3.65. The van der Waals surface area contributed by atoms with Crippen molar-refractivity contribution in [2.75, 3.05) is 18.5 Å². The molecule has 0 bridgehead atoms. The van der Waals surface area contributed by atoms with E-state index in [0.29, 0.717) is 5.71 Å². The van der Waals surface area contributed by atoms with Gasteiger partial charge in [-0.15, -0.1) is 0 Å². The van der Waals surface area contributed by atoms with Crippen molar-refractivity contribution in [2.45, 2.75) is 19.5 Å². The van der Waals surface area contributed by atoms with E-state index in [4.69, 9.17) is 4.74 Å². The van der Waals surface area contributed by atoms with Crippen molar-refractivity contribution in [3.63, 3.8) is 0 Å². The Morgan fingerprint density at radius 1 is 1.06 bits per heavy atom. The molecule has 1 aromatic heterocycles. The van der Waals surface area contributed by atoms with Gasteiger partial charge in [0.25, 0.3) is 11.8 Å². The minimum absolute atomic E-state index is 0.0249. The SMILES string of the molecule is CCOc1nc(F)c(F)c(NCC(=O)N[C@H]2N=C(c3ccccc3)c3ccccc3CC2=O)c1F. The Balaban J connectivity index is 1.56. The number of Topliss-reactive ketones (excluding diaryl/α,β-unsaturated/α-hetero) is 1. The number of fused-ring (bicyclic) bond motifs is 1. The molecule has 7 nitrogen and oxygen atoms in total. The van der Waals surface area contributed by atoms with Gasteiger partial charge in [0.15, 0.2) is 11.9 Å². The first-order valence-electron chi connectivity index (χ1n) is 10.8. The lowest BCUT2D eigenvalue weighted by Gasteiger charge is -2.15. The minimum atomic E-state index is -1.59. The zero-order chi connectivity index (χ0) is 24.9. The van der Waals surface area contributed by atoms with Crippen LogP contribution >= 0.6 is 0 Å². The molecule has 10 heteroatoms. The number of nitrogens with one attached hydrogen (secondary N) is 2. The number of pyridine rings is 1. The number of amides is 1. The summed E-state index contributed by atoms with van der Waals surface area (Å²) in [7, 11) is 0. The Bertz CT molecular complexity index is 1300. The Morgan fingerprint density at radius 3 is 2.51 bits per heavy atom. The monoisotopic (exact) mass is 482 g/mol. The average molecular weight is 482 g/mol. The summed E-state index contributed by atoms with van der Waals surface area (Å²) in [5.41, 5.74) is 1.91. The summed E-state index contributed by atoms with van der Waals surface area (Å²) in [5, 5.41) is 4.70. The number of rotatable bonds is 7. The molecule has 2 N–H and O–H groups in total. The third-order valence-electron chi connectivity index (χ3n) is 5.26. The van der Waals surface area contributed by atoms with Gasteiger partial charge < -0.3 is 15.4 Å². The molecule has 1 aliphatic rings. The van der Waals surface area contributed by atoms with Crippen LogP contribution in [0.5, 0.6) is 5.88 Å². The Kier molecular flexibility index (Phi) is 7.09. The fraction of sp³-hybridized carbons (Fsp3) is 0.200. The van der Waals surface area contributed by atoms with Gasteiger partial charge in [-0.05, 0) is 12.5 Å². The summed E-state index contributed by atoms with van der Waals surface area (Å²) in [6.07, 6.45) is -1.19. The van der Waals surface area contributed by atoms with Crippen molar-refractivity contribution in [1.82, 2.24) is 10.3 Å². The van der Waals surface area contributed by atoms with Gasteiger partial charge >= 0.3 is 0 Å². The van der Waals surface area contributed by atoms with Crippen molar-refractivity contribution < 1.29 is 27.5 Å². The summed E-state index contributed by atoms with van der Waals surface area (Å²) >= 11 is 0. The molecule has 0 saturated heterocycles. The highest BCUT2D eigenvalue weighted by molar-refractivity contribution is 6.16. The second-order valence-electron chi connectivity index (χ2n) is 7.61. The standard InChI is InChI=1S/C25H21F3N4O3/c1-2-35-25-20(27)22(19(26)23(28)32-25)29-13-18(34)30-24-17(33)12-15-10-6-7-11-16(15)21(31-24)14-8-4-3-5-9-14/h3-11,24H,2,12-13H2,1H3,(H,29,32)(H,30,34)/t24-/m0/s1. The second kappa shape index (κ2) is 10.4. The Morgan fingerprint density at radius 2 is 1.77 bits per heavy atom. The van der Waals surface area contributed by atoms with Gasteiger partial charge in [-0.1, -0.05) is 54.6 Å².